The maximum Gasteiger partial charge on any atom is 1.00 e. The second-order valence-corrected chi connectivity index (χ2v) is 3.60. The number of nitrogens with one attached hydrogen (secondary N) is 1. The Hall–Kier alpha value is 0.780. The zero-order valence-corrected chi connectivity index (χ0v) is 8.48. The molecule has 0 aliphatic heterocycles. The van der Waals surface area contributed by atoms with Crippen molar-refractivity contribution >= 4 is 20.6 Å². The zero-order valence-electron chi connectivity index (χ0n) is 5.84. The van der Waals surface area contributed by atoms with Crippen molar-refractivity contribution in [2.75, 3.05) is 0 Å². The van der Waals surface area contributed by atoms with Crippen molar-refractivity contribution in [3.05, 3.63) is 0 Å². The second-order valence-electron chi connectivity index (χ2n) is 1.03. The van der Waals surface area contributed by atoms with Crippen molar-refractivity contribution in [1.82, 2.24) is 4.13 Å². The number of hydrogen-bond acceptors (Lipinski definition) is 4. The first kappa shape index (κ1) is 13.4. The standard InChI is InChI=1S/H3NO6S2.Na.H/c2-8(3,4)1-9(5,6)7;;/h1H,(H,2,3,4)(H,5,6,7);;/q;+1;-1. The monoisotopic (exact) mass is 201 g/mol. The van der Waals surface area contributed by atoms with Crippen molar-refractivity contribution in [2.45, 2.75) is 0 Å². The zero-order chi connectivity index (χ0) is 7.71. The van der Waals surface area contributed by atoms with E-state index in [2.05, 4.69) is 0 Å². The summed E-state index contributed by atoms with van der Waals surface area (Å²) in [7, 11) is -9.74. The molecule has 0 amide bonds. The van der Waals surface area contributed by atoms with Crippen LogP contribution in [0.5, 0.6) is 0 Å². The Balaban J connectivity index is -0.000000320. The fourth-order valence-electron chi connectivity index (χ4n) is 0.133. The second kappa shape index (κ2) is 3.97. The van der Waals surface area contributed by atoms with Crippen LogP contribution in [0.25, 0.3) is 0 Å². The van der Waals surface area contributed by atoms with Crippen LogP contribution >= 0.6 is 0 Å². The molecule has 0 heterocycles. The van der Waals surface area contributed by atoms with Gasteiger partial charge in [-0.3, -0.25) is 9.11 Å². The van der Waals surface area contributed by atoms with E-state index in [1.165, 1.54) is 0 Å². The van der Waals surface area contributed by atoms with Gasteiger partial charge in [-0.25, -0.2) is 0 Å². The largest absolute Gasteiger partial charge is 1.00 e. The summed E-state index contributed by atoms with van der Waals surface area (Å²) >= 11 is 0. The number of hydrogen-bond donors (Lipinski definition) is 3. The molecule has 7 nitrogen and oxygen atoms in total. The Morgan fingerprint density at radius 1 is 1.00 bits per heavy atom. The molecule has 10 heavy (non-hydrogen) atoms. The summed E-state index contributed by atoms with van der Waals surface area (Å²) < 4.78 is 54.1. The van der Waals surface area contributed by atoms with Crippen molar-refractivity contribution in [1.29, 1.82) is 0 Å². The summed E-state index contributed by atoms with van der Waals surface area (Å²) in [4.78, 5) is 0. The fourth-order valence-corrected chi connectivity index (χ4v) is 1.20. The van der Waals surface area contributed by atoms with Gasteiger partial charge in [0.2, 0.25) is 0 Å². The Morgan fingerprint density at radius 3 is 1.20 bits per heavy atom. The minimum atomic E-state index is -4.87. The van der Waals surface area contributed by atoms with Gasteiger partial charge < -0.3 is 1.43 Å². The maximum atomic E-state index is 9.55. The van der Waals surface area contributed by atoms with Crippen LogP contribution in [0, 0.1) is 0 Å². The molecule has 58 valence electrons. The molecule has 0 bridgehead atoms. The van der Waals surface area contributed by atoms with Crippen LogP contribution < -0.4 is 33.7 Å². The van der Waals surface area contributed by atoms with Gasteiger partial charge in [0, 0.05) is 0 Å². The van der Waals surface area contributed by atoms with Gasteiger partial charge in [0.15, 0.2) is 0 Å². The summed E-state index contributed by atoms with van der Waals surface area (Å²) in [6.07, 6.45) is 0. The van der Waals surface area contributed by atoms with Gasteiger partial charge in [-0.2, -0.15) is 16.8 Å². The first-order valence-electron chi connectivity index (χ1n) is 1.44. The molecule has 0 saturated heterocycles. The van der Waals surface area contributed by atoms with Crippen LogP contribution in [-0.4, -0.2) is 25.9 Å². The quantitative estimate of drug-likeness (QED) is 0.305. The van der Waals surface area contributed by atoms with E-state index in [9.17, 15) is 16.8 Å². The van der Waals surface area contributed by atoms with Crippen LogP contribution in [0.15, 0.2) is 0 Å². The van der Waals surface area contributed by atoms with E-state index >= 15 is 0 Å². The average molecular weight is 201 g/mol. The van der Waals surface area contributed by atoms with Crippen molar-refractivity contribution < 1.29 is 56.9 Å². The predicted molar refractivity (Wildman–Crippen MR) is 27.3 cm³/mol. The predicted octanol–water partition coefficient (Wildman–Crippen LogP) is -4.70. The summed E-state index contributed by atoms with van der Waals surface area (Å²) in [6.45, 7) is 0. The minimum Gasteiger partial charge on any atom is -1.00 e. The third-order valence-corrected chi connectivity index (χ3v) is 1.90. The third kappa shape index (κ3) is 11.6. The Kier molecular flexibility index (Phi) is 5.31. The SMILES string of the molecule is O=S(=O)(O)NS(=O)(=O)O.[H-].[Na+]. The summed E-state index contributed by atoms with van der Waals surface area (Å²) in [5.41, 5.74) is 0. The van der Waals surface area contributed by atoms with Gasteiger partial charge in [-0.05, 0) is 0 Å². The van der Waals surface area contributed by atoms with Crippen LogP contribution in [0.1, 0.15) is 1.43 Å². The van der Waals surface area contributed by atoms with Gasteiger partial charge >= 0.3 is 50.2 Å². The molecule has 0 atom stereocenters. The summed E-state index contributed by atoms with van der Waals surface area (Å²) in [6, 6.07) is 0. The van der Waals surface area contributed by atoms with E-state index in [4.69, 9.17) is 9.11 Å². The van der Waals surface area contributed by atoms with E-state index in [0.29, 0.717) is 4.13 Å². The molecule has 0 aromatic carbocycles. The summed E-state index contributed by atoms with van der Waals surface area (Å²) in [5.74, 6) is 0. The van der Waals surface area contributed by atoms with Crippen molar-refractivity contribution in [2.24, 2.45) is 0 Å². The van der Waals surface area contributed by atoms with Gasteiger partial charge in [-0.15, -0.1) is 0 Å². The van der Waals surface area contributed by atoms with Crippen molar-refractivity contribution in [3.8, 4) is 0 Å². The third-order valence-electron chi connectivity index (χ3n) is 0.211. The van der Waals surface area contributed by atoms with E-state index in [-0.39, 0.29) is 31.0 Å². The maximum absolute atomic E-state index is 9.55. The first-order valence-corrected chi connectivity index (χ1v) is 4.32. The molecule has 0 spiro atoms. The van der Waals surface area contributed by atoms with Crippen molar-refractivity contribution in [3.63, 3.8) is 0 Å². The number of rotatable bonds is 2. The Bertz CT molecular complexity index is 246. The molecular weight excluding hydrogens is 197 g/mol. The van der Waals surface area contributed by atoms with E-state index in [0.717, 1.165) is 0 Å². The smallest absolute Gasteiger partial charge is 1.00 e. The molecule has 10 heteroatoms. The first-order chi connectivity index (χ1) is 3.71. The molecule has 0 radical (unpaired) electrons. The average Bonchev–Trinajstić information content (AvgIpc) is 1.14. The van der Waals surface area contributed by atoms with Gasteiger partial charge in [0.25, 0.3) is 0 Å². The molecule has 0 aliphatic rings. The fraction of sp³-hybridized carbons (Fsp3) is 0. The van der Waals surface area contributed by atoms with Crippen LogP contribution in [-0.2, 0) is 20.6 Å². The van der Waals surface area contributed by atoms with Crippen LogP contribution in [0.2, 0.25) is 0 Å². The van der Waals surface area contributed by atoms with Crippen LogP contribution in [0.4, 0.5) is 0 Å². The Morgan fingerprint density at radius 2 is 1.20 bits per heavy atom. The molecule has 0 unspecified atom stereocenters. The molecule has 0 fully saturated rings. The van der Waals surface area contributed by atoms with Gasteiger partial charge in [0.05, 0.1) is 0 Å². The molecule has 0 saturated carbocycles. The van der Waals surface area contributed by atoms with Gasteiger partial charge in [0.1, 0.15) is 0 Å². The molecule has 0 aromatic rings. The molecule has 0 aliphatic carbocycles. The van der Waals surface area contributed by atoms with E-state index in [1.54, 1.807) is 0 Å². The molecular formula is H4NNaO6S2. The van der Waals surface area contributed by atoms with Crippen LogP contribution in [0.3, 0.4) is 0 Å². The van der Waals surface area contributed by atoms with Gasteiger partial charge in [-0.1, -0.05) is 4.13 Å². The molecule has 3 N–H and O–H groups in total. The molecule has 0 aromatic heterocycles. The Labute approximate surface area is 81.4 Å². The topological polar surface area (TPSA) is 121 Å². The molecule has 0 rings (SSSR count). The van der Waals surface area contributed by atoms with E-state index in [1.807, 2.05) is 0 Å². The normalized spacial score (nSPS) is 12.2. The minimum absolute atomic E-state index is 0. The summed E-state index contributed by atoms with van der Waals surface area (Å²) in [5, 5.41) is 0. The van der Waals surface area contributed by atoms with E-state index < -0.39 is 20.6 Å².